The first kappa shape index (κ1) is 17.0. The normalized spacial score (nSPS) is 12.0. The Bertz CT molecular complexity index is 653. The van der Waals surface area contributed by atoms with Crippen molar-refractivity contribution in [2.45, 2.75) is 6.04 Å². The van der Waals surface area contributed by atoms with Crippen LogP contribution in [0.25, 0.3) is 0 Å². The third kappa shape index (κ3) is 4.80. The zero-order valence-electron chi connectivity index (χ0n) is 13.1. The summed E-state index contributed by atoms with van der Waals surface area (Å²) in [5.74, 6) is -0.495. The van der Waals surface area contributed by atoms with Crippen molar-refractivity contribution >= 4 is 29.0 Å². The fourth-order valence-electron chi connectivity index (χ4n) is 2.10. The predicted molar refractivity (Wildman–Crippen MR) is 92.7 cm³/mol. The van der Waals surface area contributed by atoms with Gasteiger partial charge in [0.15, 0.2) is 0 Å². The Morgan fingerprint density at radius 3 is 2.43 bits per heavy atom. The number of urea groups is 1. The minimum atomic E-state index is -0.495. The van der Waals surface area contributed by atoms with Gasteiger partial charge in [0, 0.05) is 22.7 Å². The van der Waals surface area contributed by atoms with E-state index in [0.29, 0.717) is 17.8 Å². The number of likely N-dealkylation sites (N-methyl/N-ethyl adjacent to an activating group) is 1. The van der Waals surface area contributed by atoms with Crippen molar-refractivity contribution in [1.82, 2.24) is 10.2 Å². The smallest absolute Gasteiger partial charge is 0.319 e. The Hall–Kier alpha value is -2.38. The van der Waals surface area contributed by atoms with Crippen LogP contribution in [0.2, 0.25) is 0 Å². The zero-order chi connectivity index (χ0) is 16.8. The largest absolute Gasteiger partial charge is 0.366 e. The van der Waals surface area contributed by atoms with Crippen molar-refractivity contribution in [3.8, 4) is 0 Å². The number of primary amides is 1. The molecule has 2 aromatic rings. The molecule has 1 heterocycles. The van der Waals surface area contributed by atoms with E-state index in [1.165, 1.54) is 4.88 Å². The Morgan fingerprint density at radius 1 is 1.22 bits per heavy atom. The second kappa shape index (κ2) is 7.75. The number of thiophene rings is 1. The van der Waals surface area contributed by atoms with E-state index >= 15 is 0 Å². The number of amides is 3. The van der Waals surface area contributed by atoms with Gasteiger partial charge in [0.05, 0.1) is 6.04 Å². The molecule has 1 aromatic heterocycles. The van der Waals surface area contributed by atoms with Crippen LogP contribution in [0.1, 0.15) is 21.3 Å². The molecule has 1 aromatic carbocycles. The van der Waals surface area contributed by atoms with E-state index in [9.17, 15) is 9.59 Å². The predicted octanol–water partition coefficient (Wildman–Crippen LogP) is 2.27. The molecule has 0 unspecified atom stereocenters. The number of benzene rings is 1. The summed E-state index contributed by atoms with van der Waals surface area (Å²) in [6, 6.07) is 10.3. The maximum atomic E-state index is 12.0. The molecule has 0 bridgehead atoms. The maximum Gasteiger partial charge on any atom is 0.319 e. The molecule has 0 aliphatic rings. The third-order valence-corrected chi connectivity index (χ3v) is 4.35. The lowest BCUT2D eigenvalue weighted by atomic mass is 10.2. The number of nitrogens with one attached hydrogen (secondary N) is 2. The Balaban J connectivity index is 1.90. The highest BCUT2D eigenvalue weighted by Crippen LogP contribution is 2.22. The van der Waals surface area contributed by atoms with Crippen LogP contribution in [0.15, 0.2) is 41.8 Å². The summed E-state index contributed by atoms with van der Waals surface area (Å²) in [7, 11) is 3.96. The van der Waals surface area contributed by atoms with Crippen LogP contribution < -0.4 is 16.4 Å². The van der Waals surface area contributed by atoms with Crippen LogP contribution in [0.3, 0.4) is 0 Å². The van der Waals surface area contributed by atoms with Gasteiger partial charge in [0.1, 0.15) is 0 Å². The van der Waals surface area contributed by atoms with Crippen LogP contribution in [0.4, 0.5) is 10.5 Å². The van der Waals surface area contributed by atoms with Gasteiger partial charge in [-0.2, -0.15) is 0 Å². The molecular formula is C16H20N4O2S. The van der Waals surface area contributed by atoms with Gasteiger partial charge >= 0.3 is 6.03 Å². The molecule has 7 heteroatoms. The first-order valence-corrected chi connectivity index (χ1v) is 8.00. The van der Waals surface area contributed by atoms with E-state index in [1.807, 2.05) is 25.5 Å². The molecule has 0 saturated heterocycles. The molecule has 6 nitrogen and oxygen atoms in total. The summed E-state index contributed by atoms with van der Waals surface area (Å²) in [6.07, 6.45) is 0. The molecule has 23 heavy (non-hydrogen) atoms. The Labute approximate surface area is 139 Å². The maximum absolute atomic E-state index is 12.0. The number of nitrogens with zero attached hydrogens (tertiary/aromatic N) is 1. The van der Waals surface area contributed by atoms with Crippen LogP contribution in [0, 0.1) is 0 Å². The van der Waals surface area contributed by atoms with E-state index in [2.05, 4.69) is 21.6 Å². The van der Waals surface area contributed by atoms with Crippen LogP contribution >= 0.6 is 11.3 Å². The molecule has 0 radical (unpaired) electrons. The number of carbonyl (C=O) groups is 2. The summed E-state index contributed by atoms with van der Waals surface area (Å²) >= 11 is 1.66. The fraction of sp³-hybridized carbons (Fsp3) is 0.250. The van der Waals surface area contributed by atoms with Crippen LogP contribution in [-0.2, 0) is 0 Å². The molecule has 0 fully saturated rings. The van der Waals surface area contributed by atoms with Crippen molar-refractivity contribution in [3.63, 3.8) is 0 Å². The highest BCUT2D eigenvalue weighted by atomic mass is 32.1. The lowest BCUT2D eigenvalue weighted by Gasteiger charge is -2.23. The molecule has 0 aliphatic carbocycles. The van der Waals surface area contributed by atoms with Crippen molar-refractivity contribution in [3.05, 3.63) is 52.2 Å². The second-order valence-electron chi connectivity index (χ2n) is 5.27. The van der Waals surface area contributed by atoms with Crippen molar-refractivity contribution in [2.24, 2.45) is 5.73 Å². The fourth-order valence-corrected chi connectivity index (χ4v) is 3.02. The minimum Gasteiger partial charge on any atom is -0.366 e. The van der Waals surface area contributed by atoms with E-state index in [-0.39, 0.29) is 12.1 Å². The highest BCUT2D eigenvalue weighted by molar-refractivity contribution is 7.10. The Kier molecular flexibility index (Phi) is 5.72. The topological polar surface area (TPSA) is 87.5 Å². The van der Waals surface area contributed by atoms with Gasteiger partial charge in [-0.15, -0.1) is 11.3 Å². The molecule has 1 atom stereocenters. The first-order valence-electron chi connectivity index (χ1n) is 7.12. The molecule has 0 spiro atoms. The summed E-state index contributed by atoms with van der Waals surface area (Å²) < 4.78 is 0. The monoisotopic (exact) mass is 332 g/mol. The van der Waals surface area contributed by atoms with Crippen LogP contribution in [0.5, 0.6) is 0 Å². The molecule has 122 valence electrons. The number of hydrogen-bond donors (Lipinski definition) is 3. The number of anilines is 1. The molecule has 4 N–H and O–H groups in total. The number of rotatable bonds is 6. The lowest BCUT2D eigenvalue weighted by molar-refractivity contribution is 0.100. The van der Waals surface area contributed by atoms with E-state index in [0.717, 1.165) is 0 Å². The molecule has 0 aliphatic heterocycles. The van der Waals surface area contributed by atoms with Crippen molar-refractivity contribution in [2.75, 3.05) is 26.0 Å². The van der Waals surface area contributed by atoms with E-state index < -0.39 is 5.91 Å². The molecule has 2 rings (SSSR count). The molecule has 0 saturated carbocycles. The van der Waals surface area contributed by atoms with Gasteiger partial charge in [-0.25, -0.2) is 4.79 Å². The van der Waals surface area contributed by atoms with Gasteiger partial charge in [0.25, 0.3) is 0 Å². The summed E-state index contributed by atoms with van der Waals surface area (Å²) in [5, 5.41) is 7.61. The first-order chi connectivity index (χ1) is 11.0. The van der Waals surface area contributed by atoms with Crippen molar-refractivity contribution < 1.29 is 9.59 Å². The Morgan fingerprint density at radius 2 is 1.91 bits per heavy atom. The number of carbonyl (C=O) groups excluding carboxylic acids is 2. The van der Waals surface area contributed by atoms with Gasteiger partial charge in [0.2, 0.25) is 5.91 Å². The van der Waals surface area contributed by atoms with Crippen LogP contribution in [-0.4, -0.2) is 37.5 Å². The van der Waals surface area contributed by atoms with E-state index in [1.54, 1.807) is 35.6 Å². The second-order valence-corrected chi connectivity index (χ2v) is 6.25. The summed E-state index contributed by atoms with van der Waals surface area (Å²) in [5.41, 5.74) is 6.18. The van der Waals surface area contributed by atoms with Gasteiger partial charge in [-0.3, -0.25) is 4.79 Å². The SMILES string of the molecule is CN(C)[C@@H](CNC(=O)Nc1ccc(C(N)=O)cc1)c1cccs1. The quantitative estimate of drug-likeness (QED) is 0.758. The number of hydrogen-bond acceptors (Lipinski definition) is 4. The summed E-state index contributed by atoms with van der Waals surface area (Å²) in [6.45, 7) is 0.499. The van der Waals surface area contributed by atoms with Gasteiger partial charge in [-0.05, 0) is 49.8 Å². The third-order valence-electron chi connectivity index (χ3n) is 3.38. The van der Waals surface area contributed by atoms with Gasteiger partial charge in [-0.1, -0.05) is 6.07 Å². The average Bonchev–Trinajstić information content (AvgIpc) is 3.01. The van der Waals surface area contributed by atoms with Gasteiger partial charge < -0.3 is 21.3 Å². The highest BCUT2D eigenvalue weighted by Gasteiger charge is 2.16. The summed E-state index contributed by atoms with van der Waals surface area (Å²) in [4.78, 5) is 26.3. The van der Waals surface area contributed by atoms with Crippen molar-refractivity contribution in [1.29, 1.82) is 0 Å². The average molecular weight is 332 g/mol. The molecule has 3 amide bonds. The standard InChI is InChI=1S/C16H20N4O2S/c1-20(2)13(14-4-3-9-23-14)10-18-16(22)19-12-7-5-11(6-8-12)15(17)21/h3-9,13H,10H2,1-2H3,(H2,17,21)(H2,18,19,22)/t13-/m0/s1. The number of nitrogens with two attached hydrogens (primary N) is 1. The van der Waals surface area contributed by atoms with E-state index in [4.69, 9.17) is 5.73 Å². The minimum absolute atomic E-state index is 0.123. The lowest BCUT2D eigenvalue weighted by Crippen LogP contribution is -2.36. The molecular weight excluding hydrogens is 312 g/mol. The zero-order valence-corrected chi connectivity index (χ0v) is 13.9.